The van der Waals surface area contributed by atoms with E-state index in [1.54, 1.807) is 6.07 Å². The molecule has 19 heavy (non-hydrogen) atoms. The highest BCUT2D eigenvalue weighted by atomic mass is 35.5. The largest absolute Gasteiger partial charge is 0.399 e. The van der Waals surface area contributed by atoms with E-state index in [1.165, 1.54) is 6.07 Å². The third-order valence-corrected chi connectivity index (χ3v) is 3.52. The summed E-state index contributed by atoms with van der Waals surface area (Å²) < 4.78 is 5.49. The van der Waals surface area contributed by atoms with Crippen LogP contribution in [-0.4, -0.2) is 24.7 Å². The highest BCUT2D eigenvalue weighted by Crippen LogP contribution is 2.33. The number of nitrogen functional groups attached to an aromatic ring is 1. The summed E-state index contributed by atoms with van der Waals surface area (Å²) in [5.74, 6) is -0.544. The van der Waals surface area contributed by atoms with Gasteiger partial charge < -0.3 is 21.5 Å². The van der Waals surface area contributed by atoms with Gasteiger partial charge in [-0.1, -0.05) is 11.6 Å². The fourth-order valence-corrected chi connectivity index (χ4v) is 2.51. The molecule has 1 amide bonds. The van der Waals surface area contributed by atoms with Crippen molar-refractivity contribution in [3.63, 3.8) is 0 Å². The van der Waals surface area contributed by atoms with Gasteiger partial charge in [0.15, 0.2) is 0 Å². The Labute approximate surface area is 117 Å². The van der Waals surface area contributed by atoms with Crippen LogP contribution in [0.15, 0.2) is 12.1 Å². The second-order valence-electron chi connectivity index (χ2n) is 4.68. The summed E-state index contributed by atoms with van der Waals surface area (Å²) in [5.41, 5.74) is 12.3. The minimum absolute atomic E-state index is 0.246. The van der Waals surface area contributed by atoms with Gasteiger partial charge in [-0.25, -0.2) is 0 Å². The van der Waals surface area contributed by atoms with E-state index in [0.717, 1.165) is 12.8 Å². The van der Waals surface area contributed by atoms with Crippen molar-refractivity contribution in [1.82, 2.24) is 0 Å². The molecule has 104 valence electrons. The molecule has 0 bridgehead atoms. The molecule has 0 spiro atoms. The van der Waals surface area contributed by atoms with Crippen LogP contribution in [0.4, 0.5) is 11.4 Å². The standard InChI is InChI=1S/C13H18ClN3O2/c1-2-19-9-5-8(6-9)17-12-10(13(16)18)3-7(15)4-11(12)14/h3-4,8-9,17H,2,5-6,15H2,1H3,(H2,16,18). The molecule has 0 heterocycles. The topological polar surface area (TPSA) is 90.4 Å². The van der Waals surface area contributed by atoms with Gasteiger partial charge >= 0.3 is 0 Å². The lowest BCUT2D eigenvalue weighted by Crippen LogP contribution is -2.41. The lowest BCUT2D eigenvalue weighted by Gasteiger charge is -2.36. The molecule has 5 N–H and O–H groups in total. The van der Waals surface area contributed by atoms with E-state index in [0.29, 0.717) is 28.6 Å². The first-order valence-corrected chi connectivity index (χ1v) is 6.66. The number of amides is 1. The molecule has 0 unspecified atom stereocenters. The van der Waals surface area contributed by atoms with Crippen molar-refractivity contribution in [2.45, 2.75) is 31.9 Å². The first-order valence-electron chi connectivity index (χ1n) is 6.28. The third-order valence-electron chi connectivity index (χ3n) is 3.22. The number of anilines is 2. The van der Waals surface area contributed by atoms with E-state index in [9.17, 15) is 4.79 Å². The Hall–Kier alpha value is -1.46. The van der Waals surface area contributed by atoms with Crippen molar-refractivity contribution in [3.05, 3.63) is 22.7 Å². The minimum Gasteiger partial charge on any atom is -0.399 e. The Morgan fingerprint density at radius 2 is 2.21 bits per heavy atom. The molecule has 2 rings (SSSR count). The summed E-state index contributed by atoms with van der Waals surface area (Å²) >= 11 is 6.12. The number of nitrogens with one attached hydrogen (secondary N) is 1. The van der Waals surface area contributed by atoms with E-state index in [4.69, 9.17) is 27.8 Å². The van der Waals surface area contributed by atoms with Crippen LogP contribution in [0.3, 0.4) is 0 Å². The molecule has 1 aromatic rings. The molecular formula is C13H18ClN3O2. The zero-order valence-electron chi connectivity index (χ0n) is 10.8. The maximum atomic E-state index is 11.4. The second kappa shape index (κ2) is 5.67. The Balaban J connectivity index is 2.10. The number of carbonyl (C=O) groups excluding carboxylic acids is 1. The number of nitrogens with two attached hydrogens (primary N) is 2. The van der Waals surface area contributed by atoms with Crippen LogP contribution in [0, 0.1) is 0 Å². The predicted molar refractivity (Wildman–Crippen MR) is 76.4 cm³/mol. The van der Waals surface area contributed by atoms with Gasteiger partial charge in [-0.05, 0) is 31.9 Å². The molecule has 5 nitrogen and oxygen atoms in total. The summed E-state index contributed by atoms with van der Waals surface area (Å²) in [4.78, 5) is 11.4. The van der Waals surface area contributed by atoms with Gasteiger partial charge in [-0.2, -0.15) is 0 Å². The summed E-state index contributed by atoms with van der Waals surface area (Å²) in [6.07, 6.45) is 2.08. The normalized spacial score (nSPS) is 21.8. The number of halogens is 1. The smallest absolute Gasteiger partial charge is 0.250 e. The average Bonchev–Trinajstić information content (AvgIpc) is 2.28. The average molecular weight is 284 g/mol. The Bertz CT molecular complexity index is 487. The van der Waals surface area contributed by atoms with Gasteiger partial charge in [-0.15, -0.1) is 0 Å². The van der Waals surface area contributed by atoms with Crippen molar-refractivity contribution < 1.29 is 9.53 Å². The number of benzene rings is 1. The molecule has 1 saturated carbocycles. The quantitative estimate of drug-likeness (QED) is 0.721. The van der Waals surface area contributed by atoms with E-state index >= 15 is 0 Å². The van der Waals surface area contributed by atoms with E-state index in [1.807, 2.05) is 6.92 Å². The lowest BCUT2D eigenvalue weighted by molar-refractivity contribution is 0.00299. The molecule has 1 aliphatic carbocycles. The number of rotatable bonds is 5. The first-order chi connectivity index (χ1) is 9.01. The van der Waals surface area contributed by atoms with E-state index in [2.05, 4.69) is 5.32 Å². The summed E-state index contributed by atoms with van der Waals surface area (Å²) in [6, 6.07) is 3.39. The number of hydrogen-bond donors (Lipinski definition) is 3. The Morgan fingerprint density at radius 3 is 2.79 bits per heavy atom. The maximum absolute atomic E-state index is 11.4. The summed E-state index contributed by atoms with van der Waals surface area (Å²) in [5, 5.41) is 3.65. The Kier molecular flexibility index (Phi) is 4.17. The van der Waals surface area contributed by atoms with Crippen molar-refractivity contribution >= 4 is 28.9 Å². The highest BCUT2D eigenvalue weighted by Gasteiger charge is 2.30. The molecule has 6 heteroatoms. The van der Waals surface area contributed by atoms with Crippen LogP contribution in [0.2, 0.25) is 5.02 Å². The zero-order valence-corrected chi connectivity index (χ0v) is 11.5. The molecule has 1 aromatic carbocycles. The van der Waals surface area contributed by atoms with E-state index in [-0.39, 0.29) is 12.1 Å². The molecular weight excluding hydrogens is 266 g/mol. The SMILES string of the molecule is CCOC1CC(Nc2c(Cl)cc(N)cc2C(N)=O)C1. The lowest BCUT2D eigenvalue weighted by atomic mass is 9.88. The Morgan fingerprint density at radius 1 is 1.53 bits per heavy atom. The van der Waals surface area contributed by atoms with Gasteiger partial charge in [0.25, 0.3) is 5.91 Å². The van der Waals surface area contributed by atoms with Crippen molar-refractivity contribution in [2.75, 3.05) is 17.7 Å². The number of ether oxygens (including phenoxy) is 1. The van der Waals surface area contributed by atoms with Gasteiger partial charge in [0.1, 0.15) is 0 Å². The second-order valence-corrected chi connectivity index (χ2v) is 5.09. The maximum Gasteiger partial charge on any atom is 0.250 e. The molecule has 0 atom stereocenters. The van der Waals surface area contributed by atoms with Crippen LogP contribution in [-0.2, 0) is 4.74 Å². The molecule has 0 aliphatic heterocycles. The zero-order chi connectivity index (χ0) is 14.0. The van der Waals surface area contributed by atoms with Crippen molar-refractivity contribution in [2.24, 2.45) is 5.73 Å². The summed E-state index contributed by atoms with van der Waals surface area (Å²) in [6.45, 7) is 2.69. The van der Waals surface area contributed by atoms with Gasteiger partial charge in [-0.3, -0.25) is 4.79 Å². The summed E-state index contributed by atoms with van der Waals surface area (Å²) in [7, 11) is 0. The third kappa shape index (κ3) is 3.11. The van der Waals surface area contributed by atoms with E-state index < -0.39 is 5.91 Å². The van der Waals surface area contributed by atoms with Crippen LogP contribution < -0.4 is 16.8 Å². The van der Waals surface area contributed by atoms with Gasteiger partial charge in [0, 0.05) is 18.3 Å². The molecule has 1 fully saturated rings. The van der Waals surface area contributed by atoms with Crippen LogP contribution in [0.1, 0.15) is 30.1 Å². The molecule has 0 saturated heterocycles. The first kappa shape index (κ1) is 14.0. The monoisotopic (exact) mass is 283 g/mol. The van der Waals surface area contributed by atoms with Gasteiger partial charge in [0.2, 0.25) is 0 Å². The number of carbonyl (C=O) groups is 1. The highest BCUT2D eigenvalue weighted by molar-refractivity contribution is 6.34. The molecule has 0 aromatic heterocycles. The predicted octanol–water partition coefficient (Wildman–Crippen LogP) is 2.00. The minimum atomic E-state index is -0.544. The number of primary amides is 1. The van der Waals surface area contributed by atoms with Crippen molar-refractivity contribution in [1.29, 1.82) is 0 Å². The fourth-order valence-electron chi connectivity index (χ4n) is 2.23. The van der Waals surface area contributed by atoms with Crippen LogP contribution >= 0.6 is 11.6 Å². The molecule has 0 radical (unpaired) electrons. The molecule has 1 aliphatic rings. The van der Waals surface area contributed by atoms with Crippen LogP contribution in [0.25, 0.3) is 0 Å². The number of hydrogen-bond acceptors (Lipinski definition) is 4. The van der Waals surface area contributed by atoms with Gasteiger partial charge in [0.05, 0.1) is 22.4 Å². The fraction of sp³-hybridized carbons (Fsp3) is 0.462. The van der Waals surface area contributed by atoms with Crippen molar-refractivity contribution in [3.8, 4) is 0 Å². The van der Waals surface area contributed by atoms with Crippen LogP contribution in [0.5, 0.6) is 0 Å².